The summed E-state index contributed by atoms with van der Waals surface area (Å²) < 4.78 is 0. The van der Waals surface area contributed by atoms with Crippen LogP contribution in [0.15, 0.2) is 24.3 Å². The zero-order valence-electron chi connectivity index (χ0n) is 11.5. The third-order valence-corrected chi connectivity index (χ3v) is 2.82. The van der Waals surface area contributed by atoms with Crippen LogP contribution in [0.4, 0.5) is 0 Å². The molecule has 0 radical (unpaired) electrons. The molecule has 0 spiro atoms. The molecule has 0 aliphatic carbocycles. The average molecular weight is 261 g/mol. The fourth-order valence-corrected chi connectivity index (χ4v) is 1.89. The number of aryl methyl sites for hydroxylation is 1. The third-order valence-electron chi connectivity index (χ3n) is 2.82. The van der Waals surface area contributed by atoms with Crippen LogP contribution in [0, 0.1) is 6.92 Å². The second-order valence-corrected chi connectivity index (χ2v) is 4.28. The topological polar surface area (TPSA) is 57.6 Å². The summed E-state index contributed by atoms with van der Waals surface area (Å²) in [6.45, 7) is 7.06. The number of carbonyl (C=O) groups excluding carboxylic acids is 1. The van der Waals surface area contributed by atoms with Crippen LogP contribution < -0.4 is 0 Å². The van der Waals surface area contributed by atoms with Gasteiger partial charge < -0.3 is 10.0 Å². The molecule has 0 saturated carbocycles. The van der Waals surface area contributed by atoms with E-state index in [1.165, 1.54) is 6.08 Å². The van der Waals surface area contributed by atoms with Crippen LogP contribution in [0.1, 0.15) is 35.3 Å². The number of hydrogen-bond donors (Lipinski definition) is 1. The predicted molar refractivity (Wildman–Crippen MR) is 75.1 cm³/mol. The van der Waals surface area contributed by atoms with Crippen LogP contribution in [-0.4, -0.2) is 35.0 Å². The van der Waals surface area contributed by atoms with Gasteiger partial charge in [0.05, 0.1) is 0 Å². The number of benzene rings is 1. The first kappa shape index (κ1) is 15.0. The van der Waals surface area contributed by atoms with Crippen molar-refractivity contribution in [1.29, 1.82) is 0 Å². The van der Waals surface area contributed by atoms with Crippen molar-refractivity contribution in [3.05, 3.63) is 41.0 Å². The molecule has 1 N–H and O–H groups in total. The summed E-state index contributed by atoms with van der Waals surface area (Å²) in [4.78, 5) is 24.5. The smallest absolute Gasteiger partial charge is 0.328 e. The molecule has 19 heavy (non-hydrogen) atoms. The quantitative estimate of drug-likeness (QED) is 0.829. The molecule has 1 aromatic rings. The van der Waals surface area contributed by atoms with Gasteiger partial charge in [-0.2, -0.15) is 0 Å². The Balaban J connectivity index is 3.09. The lowest BCUT2D eigenvalue weighted by Crippen LogP contribution is -2.30. The zero-order valence-corrected chi connectivity index (χ0v) is 11.5. The summed E-state index contributed by atoms with van der Waals surface area (Å²) in [7, 11) is 0. The average Bonchev–Trinajstić information content (AvgIpc) is 2.37. The summed E-state index contributed by atoms with van der Waals surface area (Å²) in [5, 5.41) is 8.62. The summed E-state index contributed by atoms with van der Waals surface area (Å²) >= 11 is 0. The van der Waals surface area contributed by atoms with Crippen LogP contribution in [0.3, 0.4) is 0 Å². The first-order valence-corrected chi connectivity index (χ1v) is 6.29. The fourth-order valence-electron chi connectivity index (χ4n) is 1.89. The first-order valence-electron chi connectivity index (χ1n) is 6.29. The minimum absolute atomic E-state index is 0.0290. The van der Waals surface area contributed by atoms with Gasteiger partial charge in [-0.1, -0.05) is 6.07 Å². The number of carboxylic acid groups (broad SMARTS) is 1. The van der Waals surface area contributed by atoms with Crippen LogP contribution in [0.2, 0.25) is 0 Å². The Hall–Kier alpha value is -2.10. The summed E-state index contributed by atoms with van der Waals surface area (Å²) in [6, 6.07) is 5.38. The Morgan fingerprint density at radius 2 is 1.84 bits per heavy atom. The molecule has 4 heteroatoms. The van der Waals surface area contributed by atoms with E-state index in [1.807, 2.05) is 32.9 Å². The molecule has 102 valence electrons. The normalized spacial score (nSPS) is 10.7. The molecule has 1 aromatic carbocycles. The van der Waals surface area contributed by atoms with Gasteiger partial charge in [0.1, 0.15) is 0 Å². The highest BCUT2D eigenvalue weighted by atomic mass is 16.4. The van der Waals surface area contributed by atoms with Crippen molar-refractivity contribution >= 4 is 18.0 Å². The van der Waals surface area contributed by atoms with Gasteiger partial charge in [0, 0.05) is 24.7 Å². The van der Waals surface area contributed by atoms with E-state index in [0.717, 1.165) is 17.2 Å². The lowest BCUT2D eigenvalue weighted by atomic mass is 10.0. The molecule has 0 unspecified atom stereocenters. The number of rotatable bonds is 5. The van der Waals surface area contributed by atoms with Crippen molar-refractivity contribution in [3.63, 3.8) is 0 Å². The molecule has 4 nitrogen and oxygen atoms in total. The summed E-state index contributed by atoms with van der Waals surface area (Å²) in [5.74, 6) is -1.03. The minimum Gasteiger partial charge on any atom is -0.478 e. The lowest BCUT2D eigenvalue weighted by molar-refractivity contribution is -0.131. The first-order chi connectivity index (χ1) is 8.97. The van der Waals surface area contributed by atoms with Gasteiger partial charge in [0.25, 0.3) is 5.91 Å². The molecular formula is C15H19NO3. The maximum atomic E-state index is 12.2. The molecular weight excluding hydrogens is 242 g/mol. The number of carbonyl (C=O) groups is 2. The fraction of sp³-hybridized carbons (Fsp3) is 0.333. The maximum absolute atomic E-state index is 12.2. The van der Waals surface area contributed by atoms with E-state index >= 15 is 0 Å². The van der Waals surface area contributed by atoms with Gasteiger partial charge in [-0.3, -0.25) is 4.79 Å². The Kier molecular flexibility index (Phi) is 5.30. The molecule has 1 rings (SSSR count). The molecule has 0 saturated heterocycles. The molecule has 0 aliphatic heterocycles. The van der Waals surface area contributed by atoms with Crippen molar-refractivity contribution < 1.29 is 14.7 Å². The Morgan fingerprint density at radius 1 is 1.21 bits per heavy atom. The molecule has 0 heterocycles. The Labute approximate surface area is 113 Å². The number of hydrogen-bond acceptors (Lipinski definition) is 2. The molecule has 0 aliphatic rings. The van der Waals surface area contributed by atoms with E-state index in [4.69, 9.17) is 5.11 Å². The lowest BCUT2D eigenvalue weighted by Gasteiger charge is -2.19. The monoisotopic (exact) mass is 261 g/mol. The number of aliphatic carboxylic acids is 1. The van der Waals surface area contributed by atoms with Crippen molar-refractivity contribution in [1.82, 2.24) is 4.90 Å². The standard InChI is InChI=1S/C15H19NO3/c1-4-16(5-2)15(19)13-9-11(3)8-12(10-13)6-7-14(17)18/h6-10H,4-5H2,1-3H3,(H,17,18)/b7-6+. The molecule has 0 fully saturated rings. The largest absolute Gasteiger partial charge is 0.478 e. The number of nitrogens with zero attached hydrogens (tertiary/aromatic N) is 1. The summed E-state index contributed by atoms with van der Waals surface area (Å²) in [6.07, 6.45) is 2.56. The number of amides is 1. The van der Waals surface area contributed by atoms with Gasteiger partial charge in [-0.15, -0.1) is 0 Å². The highest BCUT2D eigenvalue weighted by Crippen LogP contribution is 2.13. The van der Waals surface area contributed by atoms with Crippen LogP contribution in [-0.2, 0) is 4.79 Å². The second-order valence-electron chi connectivity index (χ2n) is 4.28. The highest BCUT2D eigenvalue weighted by Gasteiger charge is 2.12. The molecule has 1 amide bonds. The van der Waals surface area contributed by atoms with E-state index < -0.39 is 5.97 Å². The van der Waals surface area contributed by atoms with Crippen molar-refractivity contribution in [3.8, 4) is 0 Å². The molecule has 0 atom stereocenters. The van der Waals surface area contributed by atoms with Crippen molar-refractivity contribution in [2.45, 2.75) is 20.8 Å². The summed E-state index contributed by atoms with van der Waals surface area (Å²) in [5.41, 5.74) is 2.25. The second kappa shape index (κ2) is 6.73. The number of carboxylic acids is 1. The Morgan fingerprint density at radius 3 is 2.37 bits per heavy atom. The zero-order chi connectivity index (χ0) is 14.4. The SMILES string of the molecule is CCN(CC)C(=O)c1cc(C)cc(/C=C/C(=O)O)c1. The van der Waals surface area contributed by atoms with E-state index in [0.29, 0.717) is 18.7 Å². The van der Waals surface area contributed by atoms with Gasteiger partial charge >= 0.3 is 5.97 Å². The van der Waals surface area contributed by atoms with Gasteiger partial charge in [0.2, 0.25) is 0 Å². The maximum Gasteiger partial charge on any atom is 0.328 e. The van der Waals surface area contributed by atoms with Crippen molar-refractivity contribution in [2.24, 2.45) is 0 Å². The highest BCUT2D eigenvalue weighted by molar-refractivity contribution is 5.95. The van der Waals surface area contributed by atoms with Crippen LogP contribution >= 0.6 is 0 Å². The molecule has 0 aromatic heterocycles. The van der Waals surface area contributed by atoms with Crippen LogP contribution in [0.25, 0.3) is 6.08 Å². The minimum atomic E-state index is -1.00. The Bertz CT molecular complexity index is 502. The predicted octanol–water partition coefficient (Wildman–Crippen LogP) is 2.57. The van der Waals surface area contributed by atoms with Gasteiger partial charge in [0.15, 0.2) is 0 Å². The third kappa shape index (κ3) is 4.25. The van der Waals surface area contributed by atoms with Gasteiger partial charge in [-0.05, 0) is 50.1 Å². The molecule has 0 bridgehead atoms. The van der Waals surface area contributed by atoms with Gasteiger partial charge in [-0.25, -0.2) is 4.79 Å². The van der Waals surface area contributed by atoms with E-state index in [9.17, 15) is 9.59 Å². The van der Waals surface area contributed by atoms with Crippen LogP contribution in [0.5, 0.6) is 0 Å². The van der Waals surface area contributed by atoms with E-state index in [-0.39, 0.29) is 5.91 Å². The van der Waals surface area contributed by atoms with E-state index in [2.05, 4.69) is 0 Å². The van der Waals surface area contributed by atoms with E-state index in [1.54, 1.807) is 11.0 Å². The van der Waals surface area contributed by atoms with Crippen molar-refractivity contribution in [2.75, 3.05) is 13.1 Å².